The van der Waals surface area contributed by atoms with Crippen molar-refractivity contribution in [2.45, 2.75) is 32.7 Å². The fourth-order valence-electron chi connectivity index (χ4n) is 1.20. The van der Waals surface area contributed by atoms with E-state index in [4.69, 9.17) is 5.73 Å². The average molecular weight is 237 g/mol. The molecule has 0 atom stereocenters. The van der Waals surface area contributed by atoms with Crippen molar-refractivity contribution in [3.8, 4) is 0 Å². The maximum atomic E-state index is 11.5. The highest BCUT2D eigenvalue weighted by Crippen LogP contribution is 2.02. The smallest absolute Gasteiger partial charge is 0.222 e. The van der Waals surface area contributed by atoms with Crippen LogP contribution in [0.5, 0.6) is 0 Å². The third-order valence-corrected chi connectivity index (χ3v) is 1.82. The van der Waals surface area contributed by atoms with Crippen LogP contribution in [0.15, 0.2) is 12.4 Å². The van der Waals surface area contributed by atoms with Gasteiger partial charge in [0.05, 0.1) is 18.1 Å². The number of carbonyl (C=O) groups excluding carboxylic acids is 1. The number of anilines is 2. The van der Waals surface area contributed by atoms with Crippen molar-refractivity contribution in [2.24, 2.45) is 0 Å². The summed E-state index contributed by atoms with van der Waals surface area (Å²) in [4.78, 5) is 19.4. The molecule has 1 heterocycles. The number of nitrogens with two attached hydrogens (primary N) is 1. The van der Waals surface area contributed by atoms with Gasteiger partial charge < -0.3 is 16.4 Å². The van der Waals surface area contributed by atoms with Crippen LogP contribution in [-0.4, -0.2) is 28.0 Å². The minimum Gasteiger partial charge on any atom is -0.396 e. The molecule has 0 aliphatic rings. The summed E-state index contributed by atoms with van der Waals surface area (Å²) in [5.74, 6) is 0.475. The van der Waals surface area contributed by atoms with Gasteiger partial charge in [0.25, 0.3) is 0 Å². The lowest BCUT2D eigenvalue weighted by molar-refractivity contribution is -0.122. The van der Waals surface area contributed by atoms with Gasteiger partial charge in [0.1, 0.15) is 0 Å². The summed E-state index contributed by atoms with van der Waals surface area (Å²) in [5.41, 5.74) is 5.77. The largest absolute Gasteiger partial charge is 0.396 e. The Morgan fingerprint density at radius 1 is 1.35 bits per heavy atom. The van der Waals surface area contributed by atoms with Crippen LogP contribution < -0.4 is 16.4 Å². The molecule has 0 saturated carbocycles. The second-order valence-corrected chi connectivity index (χ2v) is 4.81. The number of rotatable bonds is 4. The van der Waals surface area contributed by atoms with Gasteiger partial charge in [0.15, 0.2) is 0 Å². The number of nitrogen functional groups attached to an aromatic ring is 1. The summed E-state index contributed by atoms with van der Waals surface area (Å²) in [7, 11) is 0. The van der Waals surface area contributed by atoms with Gasteiger partial charge in [-0.1, -0.05) is 0 Å². The van der Waals surface area contributed by atoms with Crippen LogP contribution in [0.2, 0.25) is 0 Å². The summed E-state index contributed by atoms with van der Waals surface area (Å²) in [6, 6.07) is 0. The van der Waals surface area contributed by atoms with Crippen molar-refractivity contribution in [1.29, 1.82) is 0 Å². The SMILES string of the molecule is CC(C)(C)NC(=O)CCNc1ncc(N)cn1. The zero-order chi connectivity index (χ0) is 12.9. The van der Waals surface area contributed by atoms with E-state index in [2.05, 4.69) is 20.6 Å². The molecule has 0 aliphatic carbocycles. The molecule has 6 nitrogen and oxygen atoms in total. The Kier molecular flexibility index (Phi) is 4.25. The van der Waals surface area contributed by atoms with Gasteiger partial charge in [-0.3, -0.25) is 4.79 Å². The molecule has 0 unspecified atom stereocenters. The minimum atomic E-state index is -0.200. The standard InChI is InChI=1S/C11H19N5O/c1-11(2,3)16-9(17)4-5-13-10-14-6-8(12)7-15-10/h6-7H,4-5,12H2,1-3H3,(H,16,17)(H,13,14,15). The van der Waals surface area contributed by atoms with Crippen LogP contribution >= 0.6 is 0 Å². The topological polar surface area (TPSA) is 92.9 Å². The van der Waals surface area contributed by atoms with E-state index in [9.17, 15) is 4.79 Å². The van der Waals surface area contributed by atoms with Gasteiger partial charge >= 0.3 is 0 Å². The van der Waals surface area contributed by atoms with Gasteiger partial charge in [0.2, 0.25) is 11.9 Å². The summed E-state index contributed by atoms with van der Waals surface area (Å²) in [6.45, 7) is 6.33. The maximum absolute atomic E-state index is 11.5. The number of aromatic nitrogens is 2. The molecule has 1 rings (SSSR count). The predicted octanol–water partition coefficient (Wildman–Crippen LogP) is 0.775. The van der Waals surface area contributed by atoms with Gasteiger partial charge in [-0.15, -0.1) is 0 Å². The monoisotopic (exact) mass is 237 g/mol. The summed E-state index contributed by atoms with van der Waals surface area (Å²) in [5, 5.41) is 5.82. The molecule has 1 aromatic rings. The highest BCUT2D eigenvalue weighted by Gasteiger charge is 2.12. The molecule has 0 fully saturated rings. The third kappa shape index (κ3) is 5.70. The van der Waals surface area contributed by atoms with Crippen molar-refractivity contribution in [2.75, 3.05) is 17.6 Å². The molecule has 0 saturated heterocycles. The Labute approximate surface area is 101 Å². The van der Waals surface area contributed by atoms with Gasteiger partial charge in [-0.05, 0) is 20.8 Å². The molecule has 0 aromatic carbocycles. The first kappa shape index (κ1) is 13.2. The van der Waals surface area contributed by atoms with E-state index in [0.717, 1.165) is 0 Å². The Balaban J connectivity index is 2.28. The second-order valence-electron chi connectivity index (χ2n) is 4.81. The molecule has 4 N–H and O–H groups in total. The Morgan fingerprint density at radius 2 is 1.94 bits per heavy atom. The number of carbonyl (C=O) groups is 1. The Hall–Kier alpha value is -1.85. The highest BCUT2D eigenvalue weighted by atomic mass is 16.1. The zero-order valence-corrected chi connectivity index (χ0v) is 10.4. The molecule has 0 bridgehead atoms. The predicted molar refractivity (Wildman–Crippen MR) is 67.4 cm³/mol. The first-order valence-electron chi connectivity index (χ1n) is 5.49. The molecule has 0 spiro atoms. The normalized spacial score (nSPS) is 11.0. The summed E-state index contributed by atoms with van der Waals surface area (Å²) >= 11 is 0. The number of amides is 1. The van der Waals surface area contributed by atoms with Gasteiger partial charge in [-0.2, -0.15) is 0 Å². The summed E-state index contributed by atoms with van der Waals surface area (Å²) < 4.78 is 0. The fourth-order valence-corrected chi connectivity index (χ4v) is 1.20. The van der Waals surface area contributed by atoms with Crippen molar-refractivity contribution in [3.05, 3.63) is 12.4 Å². The highest BCUT2D eigenvalue weighted by molar-refractivity contribution is 5.77. The molecule has 0 aliphatic heterocycles. The lowest BCUT2D eigenvalue weighted by Crippen LogP contribution is -2.41. The second kappa shape index (κ2) is 5.47. The van der Waals surface area contributed by atoms with Crippen LogP contribution in [0.1, 0.15) is 27.2 Å². The quantitative estimate of drug-likeness (QED) is 0.719. The average Bonchev–Trinajstić information content (AvgIpc) is 2.18. The lowest BCUT2D eigenvalue weighted by Gasteiger charge is -2.20. The maximum Gasteiger partial charge on any atom is 0.222 e. The van der Waals surface area contributed by atoms with Crippen molar-refractivity contribution in [3.63, 3.8) is 0 Å². The number of nitrogens with zero attached hydrogens (tertiary/aromatic N) is 2. The molecule has 1 amide bonds. The van der Waals surface area contributed by atoms with Gasteiger partial charge in [-0.25, -0.2) is 9.97 Å². The molecule has 17 heavy (non-hydrogen) atoms. The van der Waals surface area contributed by atoms with Crippen molar-refractivity contribution in [1.82, 2.24) is 15.3 Å². The van der Waals surface area contributed by atoms with E-state index in [1.54, 1.807) is 0 Å². The fraction of sp³-hybridized carbons (Fsp3) is 0.545. The molecule has 1 aromatic heterocycles. The van der Waals surface area contributed by atoms with Crippen LogP contribution in [0, 0.1) is 0 Å². The Morgan fingerprint density at radius 3 is 2.47 bits per heavy atom. The lowest BCUT2D eigenvalue weighted by atomic mass is 10.1. The summed E-state index contributed by atoms with van der Waals surface area (Å²) in [6.07, 6.45) is 3.42. The van der Waals surface area contributed by atoms with Crippen LogP contribution in [0.3, 0.4) is 0 Å². The van der Waals surface area contributed by atoms with Crippen molar-refractivity contribution >= 4 is 17.5 Å². The van der Waals surface area contributed by atoms with E-state index in [1.807, 2.05) is 20.8 Å². The van der Waals surface area contributed by atoms with E-state index in [0.29, 0.717) is 24.6 Å². The van der Waals surface area contributed by atoms with E-state index >= 15 is 0 Å². The molecule has 94 valence electrons. The van der Waals surface area contributed by atoms with E-state index in [1.165, 1.54) is 12.4 Å². The zero-order valence-electron chi connectivity index (χ0n) is 10.4. The van der Waals surface area contributed by atoms with E-state index in [-0.39, 0.29) is 11.4 Å². The molecular weight excluding hydrogens is 218 g/mol. The molecular formula is C11H19N5O. The minimum absolute atomic E-state index is 0.000412. The van der Waals surface area contributed by atoms with E-state index < -0.39 is 0 Å². The molecule has 0 radical (unpaired) electrons. The first-order valence-corrected chi connectivity index (χ1v) is 5.49. The van der Waals surface area contributed by atoms with Crippen LogP contribution in [0.4, 0.5) is 11.6 Å². The first-order chi connectivity index (χ1) is 7.87. The number of hydrogen-bond acceptors (Lipinski definition) is 5. The number of nitrogens with one attached hydrogen (secondary N) is 2. The third-order valence-electron chi connectivity index (χ3n) is 1.82. The molecule has 6 heteroatoms. The van der Waals surface area contributed by atoms with Crippen LogP contribution in [-0.2, 0) is 4.79 Å². The van der Waals surface area contributed by atoms with Gasteiger partial charge in [0, 0.05) is 18.5 Å². The number of hydrogen-bond donors (Lipinski definition) is 3. The van der Waals surface area contributed by atoms with Crippen molar-refractivity contribution < 1.29 is 4.79 Å². The van der Waals surface area contributed by atoms with Crippen LogP contribution in [0.25, 0.3) is 0 Å². The Bertz CT molecular complexity index is 368.